The summed E-state index contributed by atoms with van der Waals surface area (Å²) in [5.74, 6) is 1.38. The summed E-state index contributed by atoms with van der Waals surface area (Å²) in [5.41, 5.74) is 5.82. The summed E-state index contributed by atoms with van der Waals surface area (Å²) in [6.45, 7) is 8.81. The highest BCUT2D eigenvalue weighted by atomic mass is 14.6. The van der Waals surface area contributed by atoms with Gasteiger partial charge in [-0.2, -0.15) is 0 Å². The molecule has 0 spiro atoms. The van der Waals surface area contributed by atoms with E-state index in [0.717, 1.165) is 12.3 Å². The fraction of sp³-hybridized carbons (Fsp3) is 1.00. The van der Waals surface area contributed by atoms with Crippen molar-refractivity contribution in [1.82, 2.24) is 0 Å². The average molecular weight is 129 g/mol. The summed E-state index contributed by atoms with van der Waals surface area (Å²) in [6, 6.07) is 0.394. The molecular weight excluding hydrogens is 110 g/mol. The number of hydrogen-bond acceptors (Lipinski definition) is 1. The third-order valence-electron chi connectivity index (χ3n) is 2.20. The zero-order valence-corrected chi connectivity index (χ0v) is 7.02. The van der Waals surface area contributed by atoms with Gasteiger partial charge in [0.25, 0.3) is 0 Å². The van der Waals surface area contributed by atoms with Crippen LogP contribution in [0.2, 0.25) is 0 Å². The van der Waals surface area contributed by atoms with Gasteiger partial charge in [-0.15, -0.1) is 0 Å². The Bertz CT molecular complexity index is 69.0. The maximum atomic E-state index is 5.82. The topological polar surface area (TPSA) is 26.0 Å². The van der Waals surface area contributed by atoms with E-state index in [0.29, 0.717) is 12.0 Å². The van der Waals surface area contributed by atoms with E-state index >= 15 is 0 Å². The molecule has 0 rings (SSSR count). The first-order valence-corrected chi connectivity index (χ1v) is 3.85. The molecule has 1 unspecified atom stereocenters. The van der Waals surface area contributed by atoms with E-state index < -0.39 is 0 Å². The predicted molar refractivity (Wildman–Crippen MR) is 42.3 cm³/mol. The summed E-state index contributed by atoms with van der Waals surface area (Å²) >= 11 is 0. The monoisotopic (exact) mass is 129 g/mol. The van der Waals surface area contributed by atoms with Crippen LogP contribution in [0.15, 0.2) is 0 Å². The minimum absolute atomic E-state index is 0.394. The third-order valence-corrected chi connectivity index (χ3v) is 2.20. The summed E-state index contributed by atoms with van der Waals surface area (Å²) in [6.07, 6.45) is 1.10. The van der Waals surface area contributed by atoms with E-state index in [1.807, 2.05) is 0 Å². The lowest BCUT2D eigenvalue weighted by molar-refractivity contribution is 0.340. The molecule has 0 aliphatic rings. The Balaban J connectivity index is 3.58. The van der Waals surface area contributed by atoms with Crippen LogP contribution in [0.25, 0.3) is 0 Å². The third kappa shape index (κ3) is 2.85. The van der Waals surface area contributed by atoms with Gasteiger partial charge in [-0.1, -0.05) is 27.7 Å². The van der Waals surface area contributed by atoms with E-state index in [2.05, 4.69) is 27.7 Å². The van der Waals surface area contributed by atoms with Crippen LogP contribution in [0.1, 0.15) is 34.1 Å². The van der Waals surface area contributed by atoms with Crippen LogP contribution in [-0.2, 0) is 0 Å². The fourth-order valence-corrected chi connectivity index (χ4v) is 0.866. The molecule has 9 heavy (non-hydrogen) atoms. The number of rotatable bonds is 3. The zero-order valence-electron chi connectivity index (χ0n) is 7.02. The zero-order chi connectivity index (χ0) is 7.44. The lowest BCUT2D eigenvalue weighted by atomic mass is 9.90. The molecule has 0 aliphatic heterocycles. The van der Waals surface area contributed by atoms with Crippen molar-refractivity contribution in [2.24, 2.45) is 17.6 Å². The summed E-state index contributed by atoms with van der Waals surface area (Å²) in [4.78, 5) is 0. The summed E-state index contributed by atoms with van der Waals surface area (Å²) < 4.78 is 0. The van der Waals surface area contributed by atoms with Crippen molar-refractivity contribution in [3.63, 3.8) is 0 Å². The van der Waals surface area contributed by atoms with Gasteiger partial charge < -0.3 is 5.73 Å². The molecule has 0 radical (unpaired) electrons. The lowest BCUT2D eigenvalue weighted by Crippen LogP contribution is -2.30. The van der Waals surface area contributed by atoms with Gasteiger partial charge in [-0.3, -0.25) is 0 Å². The van der Waals surface area contributed by atoms with Crippen molar-refractivity contribution in [1.29, 1.82) is 0 Å². The van der Waals surface area contributed by atoms with Crippen LogP contribution in [-0.4, -0.2) is 6.04 Å². The van der Waals surface area contributed by atoms with Gasteiger partial charge in [0.2, 0.25) is 0 Å². The minimum Gasteiger partial charge on any atom is -0.327 e. The smallest absolute Gasteiger partial charge is 0.00643 e. The van der Waals surface area contributed by atoms with Crippen molar-refractivity contribution in [3.05, 3.63) is 0 Å². The Labute approximate surface area is 58.6 Å². The second-order valence-corrected chi connectivity index (χ2v) is 3.18. The molecule has 0 heterocycles. The van der Waals surface area contributed by atoms with Crippen LogP contribution in [0.5, 0.6) is 0 Å². The molecule has 0 saturated heterocycles. The molecule has 0 saturated carbocycles. The molecule has 0 aromatic heterocycles. The van der Waals surface area contributed by atoms with E-state index in [1.165, 1.54) is 0 Å². The van der Waals surface area contributed by atoms with Crippen molar-refractivity contribution in [2.75, 3.05) is 0 Å². The molecule has 0 amide bonds. The highest BCUT2D eigenvalue weighted by Crippen LogP contribution is 2.14. The molecule has 0 fully saturated rings. The molecule has 1 heteroatoms. The van der Waals surface area contributed by atoms with Gasteiger partial charge in [0, 0.05) is 6.04 Å². The highest BCUT2D eigenvalue weighted by Gasteiger charge is 2.13. The van der Waals surface area contributed by atoms with Crippen LogP contribution in [0.4, 0.5) is 0 Å². The molecule has 56 valence electrons. The summed E-state index contributed by atoms with van der Waals surface area (Å²) in [7, 11) is 0. The van der Waals surface area contributed by atoms with Gasteiger partial charge in [0.05, 0.1) is 0 Å². The van der Waals surface area contributed by atoms with Crippen LogP contribution in [0, 0.1) is 11.8 Å². The molecule has 2 atom stereocenters. The van der Waals surface area contributed by atoms with E-state index in [1.54, 1.807) is 0 Å². The van der Waals surface area contributed by atoms with Crippen molar-refractivity contribution in [2.45, 2.75) is 40.2 Å². The molecule has 1 nitrogen and oxygen atoms in total. The van der Waals surface area contributed by atoms with Gasteiger partial charge >= 0.3 is 0 Å². The lowest BCUT2D eigenvalue weighted by Gasteiger charge is -2.21. The Morgan fingerprint density at radius 1 is 1.22 bits per heavy atom. The van der Waals surface area contributed by atoms with Crippen molar-refractivity contribution < 1.29 is 0 Å². The van der Waals surface area contributed by atoms with Gasteiger partial charge in [0.1, 0.15) is 0 Å². The minimum atomic E-state index is 0.394. The summed E-state index contributed by atoms with van der Waals surface area (Å²) in [5, 5.41) is 0. The second-order valence-electron chi connectivity index (χ2n) is 3.18. The Hall–Kier alpha value is -0.0400. The molecule has 0 aromatic carbocycles. The maximum Gasteiger partial charge on any atom is 0.00643 e. The van der Waals surface area contributed by atoms with Crippen LogP contribution >= 0.6 is 0 Å². The number of nitrogens with two attached hydrogens (primary N) is 1. The first-order chi connectivity index (χ1) is 4.09. The Morgan fingerprint density at radius 3 is 1.78 bits per heavy atom. The van der Waals surface area contributed by atoms with Crippen LogP contribution < -0.4 is 5.73 Å². The van der Waals surface area contributed by atoms with E-state index in [9.17, 15) is 0 Å². The molecule has 2 N–H and O–H groups in total. The van der Waals surface area contributed by atoms with E-state index in [4.69, 9.17) is 5.73 Å². The van der Waals surface area contributed by atoms with Gasteiger partial charge in [-0.25, -0.2) is 0 Å². The number of hydrogen-bond donors (Lipinski definition) is 1. The SMILES string of the molecule is CCC(N)[C@H](C)C(C)C. The van der Waals surface area contributed by atoms with Crippen LogP contribution in [0.3, 0.4) is 0 Å². The molecular formula is C8H19N. The highest BCUT2D eigenvalue weighted by molar-refractivity contribution is 4.69. The first kappa shape index (κ1) is 8.96. The standard InChI is InChI=1S/C8H19N/c1-5-8(9)7(4)6(2)3/h6-8H,5,9H2,1-4H3/t7-,8?/m1/s1. The van der Waals surface area contributed by atoms with Gasteiger partial charge in [0.15, 0.2) is 0 Å². The average Bonchev–Trinajstić information content (AvgIpc) is 1.84. The quantitative estimate of drug-likeness (QED) is 0.620. The largest absolute Gasteiger partial charge is 0.327 e. The molecule has 0 aromatic rings. The Kier molecular flexibility index (Phi) is 3.87. The molecule has 0 aliphatic carbocycles. The van der Waals surface area contributed by atoms with Gasteiger partial charge in [-0.05, 0) is 18.3 Å². The normalized spacial score (nSPS) is 18.0. The van der Waals surface area contributed by atoms with Crippen molar-refractivity contribution in [3.8, 4) is 0 Å². The molecule has 0 bridgehead atoms. The Morgan fingerprint density at radius 2 is 1.67 bits per heavy atom. The predicted octanol–water partition coefficient (Wildman–Crippen LogP) is 2.02. The first-order valence-electron chi connectivity index (χ1n) is 3.85. The van der Waals surface area contributed by atoms with E-state index in [-0.39, 0.29) is 0 Å². The fourth-order valence-electron chi connectivity index (χ4n) is 0.866. The maximum absolute atomic E-state index is 5.82. The van der Waals surface area contributed by atoms with Crippen molar-refractivity contribution >= 4 is 0 Å². The second kappa shape index (κ2) is 3.89.